The summed E-state index contributed by atoms with van der Waals surface area (Å²) in [6.07, 6.45) is 0. The summed E-state index contributed by atoms with van der Waals surface area (Å²) in [6, 6.07) is 14.8. The standard InChI is InChI=1S/C22H25N5O3/c1-16-22(27(29)30)17(2)26(23-16)15-21(28)25-12-10-24(11-13-25)14-19-8-5-7-18-6-3-4-9-20(18)19/h3-9H,10-15H2,1-2H3. The third-order valence-corrected chi connectivity index (χ3v) is 5.81. The fourth-order valence-electron chi connectivity index (χ4n) is 4.16. The molecule has 4 rings (SSSR count). The molecule has 8 heteroatoms. The SMILES string of the molecule is Cc1nn(CC(=O)N2CCN(Cc3cccc4ccccc34)CC2)c(C)c1[N+](=O)[O-]. The summed E-state index contributed by atoms with van der Waals surface area (Å²) >= 11 is 0. The van der Waals surface area contributed by atoms with Crippen molar-refractivity contribution in [3.63, 3.8) is 0 Å². The topological polar surface area (TPSA) is 84.5 Å². The average Bonchev–Trinajstić information content (AvgIpc) is 3.02. The molecule has 0 radical (unpaired) electrons. The molecule has 3 aromatic rings. The van der Waals surface area contributed by atoms with Crippen molar-refractivity contribution in [2.24, 2.45) is 0 Å². The van der Waals surface area contributed by atoms with Crippen LogP contribution in [0.25, 0.3) is 10.8 Å². The summed E-state index contributed by atoms with van der Waals surface area (Å²) in [4.78, 5) is 27.6. The van der Waals surface area contributed by atoms with Gasteiger partial charge in [-0.05, 0) is 30.2 Å². The van der Waals surface area contributed by atoms with Gasteiger partial charge in [-0.3, -0.25) is 24.5 Å². The number of rotatable bonds is 5. The number of aryl methyl sites for hydroxylation is 1. The van der Waals surface area contributed by atoms with E-state index in [1.54, 1.807) is 13.8 Å². The quantitative estimate of drug-likeness (QED) is 0.480. The van der Waals surface area contributed by atoms with E-state index in [1.807, 2.05) is 11.0 Å². The molecule has 8 nitrogen and oxygen atoms in total. The van der Waals surface area contributed by atoms with Crippen molar-refractivity contribution in [1.29, 1.82) is 0 Å². The molecule has 0 spiro atoms. The van der Waals surface area contributed by atoms with Crippen LogP contribution in [0.3, 0.4) is 0 Å². The zero-order valence-electron chi connectivity index (χ0n) is 17.2. The number of benzene rings is 2. The van der Waals surface area contributed by atoms with Crippen molar-refractivity contribution in [1.82, 2.24) is 19.6 Å². The third-order valence-electron chi connectivity index (χ3n) is 5.81. The van der Waals surface area contributed by atoms with Crippen LogP contribution in [-0.2, 0) is 17.9 Å². The molecule has 1 saturated heterocycles. The van der Waals surface area contributed by atoms with Crippen LogP contribution in [0.4, 0.5) is 5.69 Å². The highest BCUT2D eigenvalue weighted by Crippen LogP contribution is 2.23. The maximum absolute atomic E-state index is 12.7. The lowest BCUT2D eigenvalue weighted by molar-refractivity contribution is -0.386. The number of nitrogens with zero attached hydrogens (tertiary/aromatic N) is 5. The van der Waals surface area contributed by atoms with Crippen molar-refractivity contribution < 1.29 is 9.72 Å². The summed E-state index contributed by atoms with van der Waals surface area (Å²) in [5, 5.41) is 17.9. The van der Waals surface area contributed by atoms with Crippen LogP contribution >= 0.6 is 0 Å². The Bertz CT molecular complexity index is 1090. The lowest BCUT2D eigenvalue weighted by Crippen LogP contribution is -2.49. The fourth-order valence-corrected chi connectivity index (χ4v) is 4.16. The van der Waals surface area contributed by atoms with Gasteiger partial charge in [0, 0.05) is 32.7 Å². The summed E-state index contributed by atoms with van der Waals surface area (Å²) in [7, 11) is 0. The number of hydrogen-bond acceptors (Lipinski definition) is 5. The van der Waals surface area contributed by atoms with Gasteiger partial charge in [0.2, 0.25) is 5.91 Å². The Morgan fingerprint density at radius 3 is 2.47 bits per heavy atom. The van der Waals surface area contributed by atoms with Gasteiger partial charge in [-0.15, -0.1) is 0 Å². The normalized spacial score (nSPS) is 14.9. The van der Waals surface area contributed by atoms with E-state index >= 15 is 0 Å². The van der Waals surface area contributed by atoms with Crippen LogP contribution in [0.15, 0.2) is 42.5 Å². The molecule has 1 fully saturated rings. The molecule has 0 saturated carbocycles. The number of nitro groups is 1. The zero-order valence-corrected chi connectivity index (χ0v) is 17.2. The first-order chi connectivity index (χ1) is 14.4. The predicted octanol–water partition coefficient (Wildman–Crippen LogP) is 2.91. The number of fused-ring (bicyclic) bond motifs is 1. The van der Waals surface area contributed by atoms with Gasteiger partial charge in [-0.2, -0.15) is 5.10 Å². The molecule has 30 heavy (non-hydrogen) atoms. The van der Waals surface area contributed by atoms with E-state index in [9.17, 15) is 14.9 Å². The Kier molecular flexibility index (Phi) is 5.50. The van der Waals surface area contributed by atoms with E-state index in [0.29, 0.717) is 24.5 Å². The predicted molar refractivity (Wildman–Crippen MR) is 114 cm³/mol. The molecule has 1 aliphatic rings. The van der Waals surface area contributed by atoms with E-state index in [2.05, 4.69) is 46.4 Å². The van der Waals surface area contributed by atoms with Gasteiger partial charge < -0.3 is 4.90 Å². The largest absolute Gasteiger partial charge is 0.339 e. The minimum absolute atomic E-state index is 0.0114. The van der Waals surface area contributed by atoms with Gasteiger partial charge >= 0.3 is 5.69 Å². The Balaban J connectivity index is 1.37. The first-order valence-electron chi connectivity index (χ1n) is 10.1. The number of hydrogen-bond donors (Lipinski definition) is 0. The Morgan fingerprint density at radius 2 is 1.77 bits per heavy atom. The first kappa shape index (κ1) is 20.0. The highest BCUT2D eigenvalue weighted by molar-refractivity contribution is 5.85. The van der Waals surface area contributed by atoms with Gasteiger partial charge in [0.05, 0.1) is 4.92 Å². The van der Waals surface area contributed by atoms with Crippen molar-refractivity contribution in [2.75, 3.05) is 26.2 Å². The number of amides is 1. The van der Waals surface area contributed by atoms with Gasteiger partial charge in [-0.25, -0.2) is 0 Å². The van der Waals surface area contributed by atoms with E-state index in [4.69, 9.17) is 0 Å². The minimum Gasteiger partial charge on any atom is -0.339 e. The smallest absolute Gasteiger partial charge is 0.312 e. The molecule has 0 unspecified atom stereocenters. The molecule has 1 aliphatic heterocycles. The highest BCUT2D eigenvalue weighted by Gasteiger charge is 2.26. The molecular weight excluding hydrogens is 382 g/mol. The maximum atomic E-state index is 12.7. The Morgan fingerprint density at radius 1 is 1.07 bits per heavy atom. The first-order valence-corrected chi connectivity index (χ1v) is 10.1. The third kappa shape index (κ3) is 3.91. The molecular formula is C22H25N5O3. The maximum Gasteiger partial charge on any atom is 0.312 e. The summed E-state index contributed by atoms with van der Waals surface area (Å²) in [6.45, 7) is 7.00. The number of aromatic nitrogens is 2. The molecule has 0 N–H and O–H groups in total. The van der Waals surface area contributed by atoms with Gasteiger partial charge in [0.15, 0.2) is 0 Å². The van der Waals surface area contributed by atoms with Crippen molar-refractivity contribution in [3.05, 3.63) is 69.5 Å². The molecule has 0 atom stereocenters. The van der Waals surface area contributed by atoms with E-state index in [1.165, 1.54) is 21.0 Å². The van der Waals surface area contributed by atoms with Crippen LogP contribution in [-0.4, -0.2) is 56.6 Å². The second-order valence-electron chi connectivity index (χ2n) is 7.73. The second-order valence-corrected chi connectivity index (χ2v) is 7.73. The van der Waals surface area contributed by atoms with E-state index in [0.717, 1.165) is 19.6 Å². The lowest BCUT2D eigenvalue weighted by atomic mass is 10.0. The molecule has 0 aliphatic carbocycles. The zero-order chi connectivity index (χ0) is 21.3. The Labute approximate surface area is 174 Å². The van der Waals surface area contributed by atoms with Gasteiger partial charge in [-0.1, -0.05) is 42.5 Å². The monoisotopic (exact) mass is 407 g/mol. The molecule has 2 aromatic carbocycles. The molecule has 1 amide bonds. The van der Waals surface area contributed by atoms with E-state index in [-0.39, 0.29) is 18.1 Å². The highest BCUT2D eigenvalue weighted by atomic mass is 16.6. The lowest BCUT2D eigenvalue weighted by Gasteiger charge is -2.35. The van der Waals surface area contributed by atoms with Crippen molar-refractivity contribution in [3.8, 4) is 0 Å². The van der Waals surface area contributed by atoms with Crippen LogP contribution in [0.5, 0.6) is 0 Å². The van der Waals surface area contributed by atoms with Crippen LogP contribution < -0.4 is 0 Å². The summed E-state index contributed by atoms with van der Waals surface area (Å²) in [5.74, 6) is -0.0553. The molecule has 1 aromatic heterocycles. The van der Waals surface area contributed by atoms with Crippen LogP contribution in [0.1, 0.15) is 17.0 Å². The Hall–Kier alpha value is -3.26. The van der Waals surface area contributed by atoms with Gasteiger partial charge in [0.25, 0.3) is 0 Å². The number of carbonyl (C=O) groups excluding carboxylic acids is 1. The summed E-state index contributed by atoms with van der Waals surface area (Å²) < 4.78 is 1.44. The number of piperazine rings is 1. The van der Waals surface area contributed by atoms with Gasteiger partial charge in [0.1, 0.15) is 17.9 Å². The van der Waals surface area contributed by atoms with E-state index < -0.39 is 4.92 Å². The second kappa shape index (κ2) is 8.23. The fraction of sp³-hybridized carbons (Fsp3) is 0.364. The molecule has 156 valence electrons. The molecule has 0 bridgehead atoms. The summed E-state index contributed by atoms with van der Waals surface area (Å²) in [5.41, 5.74) is 2.04. The molecule has 2 heterocycles. The van der Waals surface area contributed by atoms with Crippen LogP contribution in [0.2, 0.25) is 0 Å². The minimum atomic E-state index is -0.440. The number of carbonyl (C=O) groups is 1. The van der Waals surface area contributed by atoms with Crippen molar-refractivity contribution >= 4 is 22.4 Å². The van der Waals surface area contributed by atoms with Crippen LogP contribution in [0, 0.1) is 24.0 Å². The van der Waals surface area contributed by atoms with Crippen molar-refractivity contribution in [2.45, 2.75) is 26.9 Å². The average molecular weight is 407 g/mol.